The van der Waals surface area contributed by atoms with Crippen LogP contribution < -0.4 is 5.32 Å². The van der Waals surface area contributed by atoms with Crippen LogP contribution in [0.2, 0.25) is 0 Å². The Morgan fingerprint density at radius 1 is 0.309 bits per heavy atom. The van der Waals surface area contributed by atoms with E-state index in [1.54, 1.807) is 0 Å². The lowest BCUT2D eigenvalue weighted by Gasteiger charge is -2.19. The molecular weight excluding hydrogens is 726 g/mol. The van der Waals surface area contributed by atoms with Crippen LogP contribution in [0.4, 0.5) is 0 Å². The van der Waals surface area contributed by atoms with Crippen LogP contribution in [0.15, 0.2) is 0 Å². The van der Waals surface area contributed by atoms with Crippen molar-refractivity contribution in [1.82, 2.24) is 5.32 Å². The lowest BCUT2D eigenvalue weighted by molar-refractivity contribution is -0.157. The van der Waals surface area contributed by atoms with Crippen molar-refractivity contribution in [2.75, 3.05) is 172 Å². The third kappa shape index (κ3) is 48.5. The summed E-state index contributed by atoms with van der Waals surface area (Å²) in [5.74, 6) is -0.534. The van der Waals surface area contributed by atoms with E-state index >= 15 is 0 Å². The first-order valence-electron chi connectivity index (χ1n) is 19.6. The van der Waals surface area contributed by atoms with Gasteiger partial charge >= 0.3 is 11.9 Å². The van der Waals surface area contributed by atoms with Crippen LogP contribution >= 0.6 is 0 Å². The van der Waals surface area contributed by atoms with E-state index in [-0.39, 0.29) is 24.8 Å². The van der Waals surface area contributed by atoms with Crippen molar-refractivity contribution in [1.29, 1.82) is 0 Å². The maximum absolute atomic E-state index is 11.6. The number of hydrogen-bond donors (Lipinski definition) is 1. The van der Waals surface area contributed by atoms with E-state index in [1.807, 2.05) is 41.5 Å². The first kappa shape index (κ1) is 53.4. The fourth-order valence-electron chi connectivity index (χ4n) is 3.91. The van der Waals surface area contributed by atoms with Gasteiger partial charge in [-0.05, 0) is 41.5 Å². The Hall–Kier alpha value is -1.58. The number of esters is 2. The maximum Gasteiger partial charge on any atom is 0.308 e. The number of carbonyl (C=O) groups is 2. The van der Waals surface area contributed by atoms with Gasteiger partial charge < -0.3 is 71.6 Å². The van der Waals surface area contributed by atoms with Gasteiger partial charge in [-0.15, -0.1) is 0 Å². The van der Waals surface area contributed by atoms with Gasteiger partial charge in [0, 0.05) is 13.1 Å². The van der Waals surface area contributed by atoms with Crippen molar-refractivity contribution >= 4 is 11.9 Å². The molecule has 0 aromatic rings. The second kappa shape index (κ2) is 39.3. The van der Waals surface area contributed by atoms with E-state index in [2.05, 4.69) is 5.32 Å². The summed E-state index contributed by atoms with van der Waals surface area (Å²) in [5.41, 5.74) is -0.954. The Balaban J connectivity index is 3.13. The molecule has 0 fully saturated rings. The second-order valence-electron chi connectivity index (χ2n) is 13.8. The van der Waals surface area contributed by atoms with E-state index < -0.39 is 11.2 Å². The zero-order valence-corrected chi connectivity index (χ0v) is 34.8. The molecule has 0 aromatic heterocycles. The zero-order chi connectivity index (χ0) is 40.6. The fourth-order valence-corrected chi connectivity index (χ4v) is 3.91. The van der Waals surface area contributed by atoms with Gasteiger partial charge in [-0.3, -0.25) is 9.59 Å². The van der Waals surface area contributed by atoms with Crippen molar-refractivity contribution in [3.05, 3.63) is 0 Å². The highest BCUT2D eigenvalue weighted by molar-refractivity contribution is 5.70. The second-order valence-corrected chi connectivity index (χ2v) is 13.8. The highest BCUT2D eigenvalue weighted by atomic mass is 16.6. The molecule has 0 radical (unpaired) electrons. The molecule has 17 heteroatoms. The number of ether oxygens (including phenoxy) is 14. The summed E-state index contributed by atoms with van der Waals surface area (Å²) in [6, 6.07) is 0. The van der Waals surface area contributed by atoms with E-state index in [1.165, 1.54) is 0 Å². The molecule has 17 nitrogen and oxygen atoms in total. The van der Waals surface area contributed by atoms with Gasteiger partial charge in [0.25, 0.3) is 0 Å². The summed E-state index contributed by atoms with van der Waals surface area (Å²) in [5, 5.41) is 3.27. The molecule has 0 saturated carbocycles. The Morgan fingerprint density at radius 3 is 0.691 bits per heavy atom. The topological polar surface area (TPSA) is 175 Å². The highest BCUT2D eigenvalue weighted by Crippen LogP contribution is 2.09. The number of hydrogen-bond acceptors (Lipinski definition) is 17. The van der Waals surface area contributed by atoms with Crippen LogP contribution in [-0.4, -0.2) is 195 Å². The lowest BCUT2D eigenvalue weighted by Crippen LogP contribution is -2.25. The van der Waals surface area contributed by atoms with Gasteiger partial charge in [-0.25, -0.2) is 0 Å². The van der Waals surface area contributed by atoms with Crippen LogP contribution in [0.1, 0.15) is 54.4 Å². The first-order valence-corrected chi connectivity index (χ1v) is 19.6. The predicted molar refractivity (Wildman–Crippen MR) is 204 cm³/mol. The average Bonchev–Trinajstić information content (AvgIpc) is 3.10. The average molecular weight is 802 g/mol. The molecule has 0 saturated heterocycles. The van der Waals surface area contributed by atoms with Crippen LogP contribution in [0.25, 0.3) is 0 Å². The molecule has 0 heterocycles. The molecule has 0 rings (SSSR count). The lowest BCUT2D eigenvalue weighted by atomic mass is 10.2. The molecule has 0 bridgehead atoms. The normalized spacial score (nSPS) is 12.0. The Labute approximate surface area is 330 Å². The number of nitrogens with one attached hydrogen (secondary N) is 1. The van der Waals surface area contributed by atoms with Gasteiger partial charge in [-0.1, -0.05) is 0 Å². The first-order chi connectivity index (χ1) is 26.5. The predicted octanol–water partition coefficient (Wildman–Crippen LogP) is 2.24. The summed E-state index contributed by atoms with van der Waals surface area (Å²) in [4.78, 5) is 23.2. The van der Waals surface area contributed by atoms with Gasteiger partial charge in [0.15, 0.2) is 0 Å². The van der Waals surface area contributed by atoms with Gasteiger partial charge in [-0.2, -0.15) is 0 Å². The molecule has 55 heavy (non-hydrogen) atoms. The molecule has 0 aliphatic heterocycles. The van der Waals surface area contributed by atoms with Crippen LogP contribution in [0.3, 0.4) is 0 Å². The molecular formula is C38H75NO16. The van der Waals surface area contributed by atoms with Crippen molar-refractivity contribution in [2.24, 2.45) is 0 Å². The standard InChI is InChI=1S/C38H75NO16/c1-37(2,3)54-35(40)7-11-42-15-19-46-23-27-50-31-33-52-29-25-48-21-17-44-13-9-39-10-14-45-18-22-49-26-30-53-34-32-51-28-24-47-20-16-43-12-8-36(41)55-38(4,5)6/h39H,7-34H2,1-6H3. The van der Waals surface area contributed by atoms with Crippen molar-refractivity contribution < 1.29 is 75.9 Å². The number of rotatable bonds is 42. The monoisotopic (exact) mass is 802 g/mol. The summed E-state index contributed by atoms with van der Waals surface area (Å²) in [6.07, 6.45) is 0.458. The third-order valence-electron chi connectivity index (χ3n) is 6.31. The van der Waals surface area contributed by atoms with E-state index in [0.717, 1.165) is 13.1 Å². The minimum Gasteiger partial charge on any atom is -0.460 e. The Kier molecular flexibility index (Phi) is 38.1. The van der Waals surface area contributed by atoms with Crippen LogP contribution in [-0.2, 0) is 75.9 Å². The van der Waals surface area contributed by atoms with Crippen molar-refractivity contribution in [3.63, 3.8) is 0 Å². The molecule has 0 aliphatic rings. The summed E-state index contributed by atoms with van der Waals surface area (Å²) in [6.45, 7) is 23.9. The van der Waals surface area contributed by atoms with E-state index in [0.29, 0.717) is 159 Å². The van der Waals surface area contributed by atoms with Crippen molar-refractivity contribution in [3.8, 4) is 0 Å². The van der Waals surface area contributed by atoms with Crippen molar-refractivity contribution in [2.45, 2.75) is 65.6 Å². The maximum atomic E-state index is 11.6. The SMILES string of the molecule is CC(C)(C)OC(=O)CCOCCOCCOCCOCCOCCOCCNCCOCCOCCOCCOCCOCCOCCC(=O)OC(C)(C)C. The van der Waals surface area contributed by atoms with Gasteiger partial charge in [0.05, 0.1) is 171 Å². The Bertz CT molecular complexity index is 774. The largest absolute Gasteiger partial charge is 0.460 e. The van der Waals surface area contributed by atoms with Gasteiger partial charge in [0.2, 0.25) is 0 Å². The minimum absolute atomic E-state index is 0.229. The molecule has 0 aliphatic carbocycles. The third-order valence-corrected chi connectivity index (χ3v) is 6.31. The molecule has 328 valence electrons. The Morgan fingerprint density at radius 2 is 0.491 bits per heavy atom. The van der Waals surface area contributed by atoms with Crippen LogP contribution in [0.5, 0.6) is 0 Å². The van der Waals surface area contributed by atoms with Crippen LogP contribution in [0, 0.1) is 0 Å². The molecule has 0 unspecified atom stereocenters. The van der Waals surface area contributed by atoms with E-state index in [4.69, 9.17) is 66.3 Å². The molecule has 0 amide bonds. The summed E-state index contributed by atoms with van der Waals surface area (Å²) < 4.78 is 76.0. The van der Waals surface area contributed by atoms with E-state index in [9.17, 15) is 9.59 Å². The molecule has 0 atom stereocenters. The molecule has 0 aromatic carbocycles. The molecule has 0 spiro atoms. The smallest absolute Gasteiger partial charge is 0.308 e. The minimum atomic E-state index is -0.477. The molecule has 1 N–H and O–H groups in total. The summed E-state index contributed by atoms with van der Waals surface area (Å²) >= 11 is 0. The zero-order valence-electron chi connectivity index (χ0n) is 34.8. The quantitative estimate of drug-likeness (QED) is 0.0702. The summed E-state index contributed by atoms with van der Waals surface area (Å²) in [7, 11) is 0. The number of carbonyl (C=O) groups excluding carboxylic acids is 2. The van der Waals surface area contributed by atoms with Gasteiger partial charge in [0.1, 0.15) is 11.2 Å². The highest BCUT2D eigenvalue weighted by Gasteiger charge is 2.16. The fraction of sp³-hybridized carbons (Fsp3) is 0.947.